The maximum absolute atomic E-state index is 14.0. The predicted octanol–water partition coefficient (Wildman–Crippen LogP) is 4.41. The Morgan fingerprint density at radius 1 is 1.10 bits per heavy atom. The number of nitrogens with zero attached hydrogens (tertiary/aromatic N) is 3. The van der Waals surface area contributed by atoms with Crippen LogP contribution in [0.5, 0.6) is 0 Å². The molecule has 9 heteroatoms. The van der Waals surface area contributed by atoms with Crippen LogP contribution in [0.3, 0.4) is 0 Å². The summed E-state index contributed by atoms with van der Waals surface area (Å²) < 4.78 is 0. The minimum absolute atomic E-state index is 0.0285. The molecule has 0 radical (unpaired) electrons. The molecule has 228 valence electrons. The van der Waals surface area contributed by atoms with Gasteiger partial charge in [-0.1, -0.05) is 57.6 Å². The van der Waals surface area contributed by atoms with Gasteiger partial charge in [-0.15, -0.1) is 0 Å². The zero-order valence-corrected chi connectivity index (χ0v) is 25.8. The molecule has 2 atom stereocenters. The lowest BCUT2D eigenvalue weighted by Gasteiger charge is -2.53. The summed E-state index contributed by atoms with van der Waals surface area (Å²) >= 11 is 0. The number of piperidine rings is 1. The van der Waals surface area contributed by atoms with E-state index in [1.54, 1.807) is 7.05 Å². The fourth-order valence-electron chi connectivity index (χ4n) is 7.57. The molecule has 3 N–H and O–H groups in total. The van der Waals surface area contributed by atoms with Crippen LogP contribution in [0.4, 0.5) is 0 Å². The Balaban J connectivity index is 1.39. The van der Waals surface area contributed by atoms with E-state index >= 15 is 0 Å². The maximum atomic E-state index is 14.0. The molecule has 3 aliphatic rings. The summed E-state index contributed by atoms with van der Waals surface area (Å²) in [5, 5.41) is 13.5. The normalized spacial score (nSPS) is 22.3. The summed E-state index contributed by atoms with van der Waals surface area (Å²) in [7, 11) is 1.63. The molecule has 2 saturated heterocycles. The molecule has 42 heavy (non-hydrogen) atoms. The summed E-state index contributed by atoms with van der Waals surface area (Å²) in [5.74, 6) is 0.551. The number of hydrogen-bond acceptors (Lipinski definition) is 5. The standard InChI is InChI=1S/C33H48N6O3/c1-5-6-18-39-31(41)27(21-24-10-8-7-9-11-24)35-32(42)33(39)16-19-38(20-17-33)29(28-22(2)36-37-23(28)3)25-12-14-26(15-13-25)30(40)34-4/h12-15,24,27,29H,5-11,16-21H2,1-4H3,(H,34,40)(H,35,42)(H,36,37)/t27-,29?/m0/s1. The molecule has 1 aromatic carbocycles. The van der Waals surface area contributed by atoms with Crippen molar-refractivity contribution in [2.24, 2.45) is 5.92 Å². The summed E-state index contributed by atoms with van der Waals surface area (Å²) in [4.78, 5) is 44.6. The summed E-state index contributed by atoms with van der Waals surface area (Å²) in [6, 6.07) is 7.29. The number of aromatic amines is 1. The first-order chi connectivity index (χ1) is 20.3. The van der Waals surface area contributed by atoms with Crippen LogP contribution in [-0.4, -0.2) is 76.0 Å². The van der Waals surface area contributed by atoms with E-state index in [0.29, 0.717) is 44.0 Å². The van der Waals surface area contributed by atoms with Crippen LogP contribution in [0.25, 0.3) is 0 Å². The van der Waals surface area contributed by atoms with Crippen molar-refractivity contribution in [2.75, 3.05) is 26.7 Å². The Morgan fingerprint density at radius 2 is 1.79 bits per heavy atom. The van der Waals surface area contributed by atoms with Crippen molar-refractivity contribution in [3.63, 3.8) is 0 Å². The molecular formula is C33H48N6O3. The van der Waals surface area contributed by atoms with Gasteiger partial charge in [-0.2, -0.15) is 5.10 Å². The van der Waals surface area contributed by atoms with Gasteiger partial charge in [0, 0.05) is 43.5 Å². The van der Waals surface area contributed by atoms with Crippen LogP contribution in [0.2, 0.25) is 0 Å². The molecular weight excluding hydrogens is 528 g/mol. The van der Waals surface area contributed by atoms with Gasteiger partial charge in [0.25, 0.3) is 5.91 Å². The molecule has 0 bridgehead atoms. The summed E-state index contributed by atoms with van der Waals surface area (Å²) in [6.07, 6.45) is 9.88. The van der Waals surface area contributed by atoms with Crippen molar-refractivity contribution in [1.29, 1.82) is 0 Å². The second-order valence-electron chi connectivity index (χ2n) is 12.6. The van der Waals surface area contributed by atoms with E-state index in [-0.39, 0.29) is 23.8 Å². The van der Waals surface area contributed by atoms with Crippen LogP contribution in [0.15, 0.2) is 24.3 Å². The quantitative estimate of drug-likeness (QED) is 0.410. The molecule has 1 spiro atoms. The first-order valence-electron chi connectivity index (χ1n) is 16.0. The number of unbranched alkanes of at least 4 members (excludes halogenated alkanes) is 1. The Morgan fingerprint density at radius 3 is 2.38 bits per heavy atom. The van der Waals surface area contributed by atoms with Gasteiger partial charge in [0.1, 0.15) is 11.6 Å². The SMILES string of the molecule is CCCCN1C(=O)[C@H](CC2CCCCC2)NC(=O)C12CCN(C(c1ccc(C(=O)NC)cc1)c1c(C)n[nH]c1C)CC2. The van der Waals surface area contributed by atoms with E-state index in [1.165, 1.54) is 19.3 Å². The van der Waals surface area contributed by atoms with E-state index in [2.05, 4.69) is 32.7 Å². The van der Waals surface area contributed by atoms with E-state index in [9.17, 15) is 14.4 Å². The van der Waals surface area contributed by atoms with E-state index in [0.717, 1.165) is 54.6 Å². The number of nitrogens with one attached hydrogen (secondary N) is 3. The van der Waals surface area contributed by atoms with Gasteiger partial charge in [-0.25, -0.2) is 0 Å². The number of hydrogen-bond donors (Lipinski definition) is 3. The zero-order chi connectivity index (χ0) is 29.9. The Bertz CT molecular complexity index is 1240. The van der Waals surface area contributed by atoms with Crippen LogP contribution in [0.1, 0.15) is 110 Å². The number of benzene rings is 1. The minimum Gasteiger partial charge on any atom is -0.355 e. The lowest BCUT2D eigenvalue weighted by Crippen LogP contribution is -2.73. The minimum atomic E-state index is -0.806. The molecule has 1 aliphatic carbocycles. The highest BCUT2D eigenvalue weighted by Crippen LogP contribution is 2.40. The topological polar surface area (TPSA) is 110 Å². The van der Waals surface area contributed by atoms with Gasteiger partial charge in [-0.3, -0.25) is 24.4 Å². The maximum Gasteiger partial charge on any atom is 0.251 e. The molecule has 1 unspecified atom stereocenters. The Labute approximate surface area is 250 Å². The van der Waals surface area contributed by atoms with Crippen LogP contribution in [-0.2, 0) is 9.59 Å². The van der Waals surface area contributed by atoms with Crippen molar-refractivity contribution in [3.8, 4) is 0 Å². The number of likely N-dealkylation sites (tertiary alicyclic amines) is 1. The molecule has 3 fully saturated rings. The Hall–Kier alpha value is -3.20. The monoisotopic (exact) mass is 576 g/mol. The third-order valence-electron chi connectivity index (χ3n) is 10.0. The van der Waals surface area contributed by atoms with E-state index in [1.807, 2.05) is 43.0 Å². The second kappa shape index (κ2) is 13.0. The average Bonchev–Trinajstić information content (AvgIpc) is 3.34. The van der Waals surface area contributed by atoms with Crippen molar-refractivity contribution < 1.29 is 14.4 Å². The van der Waals surface area contributed by atoms with Crippen LogP contribution >= 0.6 is 0 Å². The zero-order valence-electron chi connectivity index (χ0n) is 25.8. The molecule has 5 rings (SSSR count). The Kier molecular flexibility index (Phi) is 9.35. The van der Waals surface area contributed by atoms with Crippen molar-refractivity contribution in [2.45, 2.75) is 103 Å². The molecule has 3 amide bonds. The number of rotatable bonds is 9. The van der Waals surface area contributed by atoms with Crippen molar-refractivity contribution in [1.82, 2.24) is 30.6 Å². The third kappa shape index (κ3) is 5.85. The lowest BCUT2D eigenvalue weighted by molar-refractivity contribution is -0.162. The lowest BCUT2D eigenvalue weighted by atomic mass is 9.78. The largest absolute Gasteiger partial charge is 0.355 e. The summed E-state index contributed by atoms with van der Waals surface area (Å²) in [5.41, 5.74) is 3.96. The highest BCUT2D eigenvalue weighted by Gasteiger charge is 2.54. The highest BCUT2D eigenvalue weighted by molar-refractivity contribution is 6.00. The number of piperazine rings is 1. The molecule has 2 aromatic rings. The van der Waals surface area contributed by atoms with Gasteiger partial charge >= 0.3 is 0 Å². The van der Waals surface area contributed by atoms with E-state index < -0.39 is 11.6 Å². The van der Waals surface area contributed by atoms with Gasteiger partial charge in [0.05, 0.1) is 11.7 Å². The highest BCUT2D eigenvalue weighted by atomic mass is 16.2. The van der Waals surface area contributed by atoms with Crippen molar-refractivity contribution >= 4 is 17.7 Å². The number of H-pyrrole nitrogens is 1. The molecule has 3 heterocycles. The number of carbonyl (C=O) groups excluding carboxylic acids is 3. The molecule has 1 saturated carbocycles. The third-order valence-corrected chi connectivity index (χ3v) is 10.0. The smallest absolute Gasteiger partial charge is 0.251 e. The number of aryl methyl sites for hydroxylation is 2. The van der Waals surface area contributed by atoms with E-state index in [4.69, 9.17) is 0 Å². The molecule has 1 aromatic heterocycles. The number of amides is 3. The van der Waals surface area contributed by atoms with Crippen LogP contribution in [0, 0.1) is 19.8 Å². The fraction of sp³-hybridized carbons (Fsp3) is 0.636. The number of carbonyl (C=O) groups is 3. The predicted molar refractivity (Wildman–Crippen MR) is 163 cm³/mol. The van der Waals surface area contributed by atoms with Crippen molar-refractivity contribution in [3.05, 3.63) is 52.3 Å². The van der Waals surface area contributed by atoms with Gasteiger partial charge in [-0.05, 0) is 63.1 Å². The number of aromatic nitrogens is 2. The first-order valence-corrected chi connectivity index (χ1v) is 16.0. The molecule has 2 aliphatic heterocycles. The first kappa shape index (κ1) is 30.3. The fourth-order valence-corrected chi connectivity index (χ4v) is 7.57. The van der Waals surface area contributed by atoms with Gasteiger partial charge in [0.15, 0.2) is 0 Å². The van der Waals surface area contributed by atoms with Gasteiger partial charge < -0.3 is 15.5 Å². The second-order valence-corrected chi connectivity index (χ2v) is 12.6. The van der Waals surface area contributed by atoms with Crippen LogP contribution < -0.4 is 10.6 Å². The summed E-state index contributed by atoms with van der Waals surface area (Å²) in [6.45, 7) is 8.17. The van der Waals surface area contributed by atoms with Gasteiger partial charge in [0.2, 0.25) is 11.8 Å². The average molecular weight is 577 g/mol. The molecule has 9 nitrogen and oxygen atoms in total.